The first-order chi connectivity index (χ1) is 19.7. The Kier molecular flexibility index (Phi) is 14.0. The van der Waals surface area contributed by atoms with E-state index >= 15 is 0 Å². The van der Waals surface area contributed by atoms with E-state index in [1.807, 2.05) is 6.07 Å². The predicted molar refractivity (Wildman–Crippen MR) is 154 cm³/mol. The molecule has 3 N–H and O–H groups in total. The van der Waals surface area contributed by atoms with Crippen LogP contribution in [0, 0.1) is 26.2 Å². The molecule has 0 spiro atoms. The molecule has 14 heteroatoms. The van der Waals surface area contributed by atoms with Crippen LogP contribution in [0.2, 0.25) is 0 Å². The van der Waals surface area contributed by atoms with Gasteiger partial charge in [-0.3, -0.25) is 20.2 Å². The van der Waals surface area contributed by atoms with Gasteiger partial charge in [-0.15, -0.1) is 0 Å². The fourth-order valence-corrected chi connectivity index (χ4v) is 3.31. The van der Waals surface area contributed by atoms with Crippen molar-refractivity contribution in [3.63, 3.8) is 0 Å². The summed E-state index contributed by atoms with van der Waals surface area (Å²) < 4.78 is 23.2. The Bertz CT molecular complexity index is 1270. The summed E-state index contributed by atoms with van der Waals surface area (Å²) in [4.78, 5) is 30.3. The molecule has 6 rings (SSSR count). The van der Waals surface area contributed by atoms with Gasteiger partial charge in [0.1, 0.15) is 12.2 Å². The van der Waals surface area contributed by atoms with Crippen LogP contribution in [0.5, 0.6) is 11.8 Å². The van der Waals surface area contributed by atoms with Crippen molar-refractivity contribution < 1.29 is 28.8 Å². The van der Waals surface area contributed by atoms with Crippen LogP contribution in [0.25, 0.3) is 0 Å². The second-order valence-corrected chi connectivity index (χ2v) is 9.48. The highest BCUT2D eigenvalue weighted by Gasteiger charge is 2.24. The van der Waals surface area contributed by atoms with Crippen LogP contribution < -0.4 is 15.2 Å². The van der Waals surface area contributed by atoms with E-state index in [0.717, 1.165) is 57.2 Å². The van der Waals surface area contributed by atoms with Gasteiger partial charge < -0.3 is 20.3 Å². The van der Waals surface area contributed by atoms with Gasteiger partial charge in [0.15, 0.2) is 0 Å². The van der Waals surface area contributed by atoms with E-state index in [4.69, 9.17) is 20.3 Å². The molecule has 3 heterocycles. The Morgan fingerprint density at radius 3 is 1.57 bits per heavy atom. The minimum absolute atomic E-state index is 0. The molecule has 13 nitrogen and oxygen atoms in total. The number of pyridine rings is 3. The van der Waals surface area contributed by atoms with Gasteiger partial charge in [0.25, 0.3) is 11.8 Å². The number of rotatable bonds is 6. The zero-order valence-corrected chi connectivity index (χ0v) is 22.4. The highest BCUT2D eigenvalue weighted by molar-refractivity contribution is 5.47. The summed E-state index contributed by atoms with van der Waals surface area (Å²) in [5.74, 6) is -0.322. The Balaban J connectivity index is 0.000000203. The van der Waals surface area contributed by atoms with Gasteiger partial charge in [0.2, 0.25) is 5.88 Å². The highest BCUT2D eigenvalue weighted by atomic mass is 19.1. The maximum atomic E-state index is 12.3. The lowest BCUT2D eigenvalue weighted by molar-refractivity contribution is -0.388. The number of hydrogen-bond donors (Lipinski definition) is 2. The zero-order valence-electron chi connectivity index (χ0n) is 22.4. The van der Waals surface area contributed by atoms with Crippen LogP contribution in [-0.2, 0) is 0 Å². The Morgan fingerprint density at radius 1 is 0.762 bits per heavy atom. The number of nitrogens with zero attached hydrogens (tertiary/aromatic N) is 5. The van der Waals surface area contributed by atoms with Crippen LogP contribution >= 0.6 is 0 Å². The molecule has 0 aromatic carbocycles. The first-order valence-electron chi connectivity index (χ1n) is 13.3. The summed E-state index contributed by atoms with van der Waals surface area (Å²) in [7, 11) is 0. The van der Waals surface area contributed by atoms with Crippen molar-refractivity contribution in [3.05, 3.63) is 81.2 Å². The van der Waals surface area contributed by atoms with Crippen LogP contribution in [-0.4, -0.2) is 48.2 Å². The number of nitrogen functional groups attached to an aromatic ring is 1. The Hall–Kier alpha value is -4.46. The van der Waals surface area contributed by atoms with Gasteiger partial charge in [0.05, 0.1) is 21.6 Å². The fraction of sp³-hybridized carbons (Fsp3) is 0.464. The first-order valence-corrected chi connectivity index (χ1v) is 13.3. The van der Waals surface area contributed by atoms with Crippen molar-refractivity contribution in [3.8, 4) is 11.8 Å². The van der Waals surface area contributed by atoms with E-state index in [-0.39, 0.29) is 31.2 Å². The van der Waals surface area contributed by atoms with Crippen molar-refractivity contribution in [1.29, 1.82) is 0 Å². The Labute approximate surface area is 243 Å². The normalized spacial score (nSPS) is 15.5. The van der Waals surface area contributed by atoms with Crippen molar-refractivity contribution >= 4 is 17.1 Å². The van der Waals surface area contributed by atoms with Gasteiger partial charge in [-0.1, -0.05) is 7.43 Å². The minimum Gasteiger partial charge on any atom is -0.473 e. The number of aliphatic hydroxyl groups is 1. The van der Waals surface area contributed by atoms with Crippen LogP contribution in [0.15, 0.2) is 55.0 Å². The number of aliphatic hydroxyl groups excluding tert-OH is 1. The molecule has 0 bridgehead atoms. The smallest absolute Gasteiger partial charge is 0.330 e. The second kappa shape index (κ2) is 17.4. The van der Waals surface area contributed by atoms with E-state index in [1.54, 1.807) is 12.3 Å². The molecule has 3 aliphatic rings. The molecule has 0 amide bonds. The van der Waals surface area contributed by atoms with E-state index in [2.05, 4.69) is 15.0 Å². The molecule has 0 unspecified atom stereocenters. The molecular weight excluding hydrogens is 551 g/mol. The van der Waals surface area contributed by atoms with Gasteiger partial charge in [-0.2, -0.15) is 4.39 Å². The first kappa shape index (κ1) is 33.7. The summed E-state index contributed by atoms with van der Waals surface area (Å²) in [6.07, 6.45) is 14.8. The average molecular weight is 589 g/mol. The summed E-state index contributed by atoms with van der Waals surface area (Å²) in [5, 5.41) is 29.0. The SMILES string of the molecule is C.Nc1cccnc1OC1CCC1.O=[N+]([O-])c1cccnc1F.O=[N+]([O-])c1cccnc1OC1CCC1.OC1CCC1. The second-order valence-electron chi connectivity index (χ2n) is 9.48. The topological polar surface area (TPSA) is 190 Å². The molecule has 228 valence electrons. The third-order valence-corrected chi connectivity index (χ3v) is 6.42. The van der Waals surface area contributed by atoms with Crippen LogP contribution in [0.3, 0.4) is 0 Å². The molecule has 3 aromatic rings. The third-order valence-electron chi connectivity index (χ3n) is 6.42. The van der Waals surface area contributed by atoms with Crippen molar-refractivity contribution in [1.82, 2.24) is 15.0 Å². The quantitative estimate of drug-likeness (QED) is 0.201. The summed E-state index contributed by atoms with van der Waals surface area (Å²) >= 11 is 0. The maximum Gasteiger partial charge on any atom is 0.330 e. The molecule has 3 saturated carbocycles. The fourth-order valence-electron chi connectivity index (χ4n) is 3.31. The number of nitrogens with two attached hydrogens (primary N) is 1. The lowest BCUT2D eigenvalue weighted by atomic mass is 9.96. The number of nitro groups is 2. The number of hydrogen-bond acceptors (Lipinski definition) is 11. The van der Waals surface area contributed by atoms with Gasteiger partial charge >= 0.3 is 11.4 Å². The molecule has 42 heavy (non-hydrogen) atoms. The third kappa shape index (κ3) is 10.8. The van der Waals surface area contributed by atoms with Crippen molar-refractivity contribution in [2.75, 3.05) is 5.73 Å². The lowest BCUT2D eigenvalue weighted by Gasteiger charge is -2.26. The largest absolute Gasteiger partial charge is 0.473 e. The average Bonchev–Trinajstić information content (AvgIpc) is 2.89. The summed E-state index contributed by atoms with van der Waals surface area (Å²) in [6.45, 7) is 0. The zero-order chi connectivity index (χ0) is 29.6. The van der Waals surface area contributed by atoms with Crippen molar-refractivity contribution in [2.24, 2.45) is 0 Å². The van der Waals surface area contributed by atoms with E-state index < -0.39 is 21.5 Å². The summed E-state index contributed by atoms with van der Waals surface area (Å²) in [5.41, 5.74) is 5.64. The van der Waals surface area contributed by atoms with Crippen molar-refractivity contribution in [2.45, 2.75) is 83.5 Å². The Morgan fingerprint density at radius 2 is 1.19 bits per heavy atom. The summed E-state index contributed by atoms with van der Waals surface area (Å²) in [6, 6.07) is 8.92. The standard InChI is InChI=1S/C9H10N2O3.C9H12N2O.C5H3FN2O2.C4H8O.CH4/c12-11(13)8-5-2-6-10-9(8)14-7-3-1-4-7;10-8-5-2-6-11-9(8)12-7-3-1-4-7;6-5-4(8(9)10)2-1-3-7-5;5-4-2-1-3-4;/h2,5-7H,1,3-4H2;2,5-7H,1,3-4,10H2;1-3H;4-5H,1-3H2;1H4. The maximum absolute atomic E-state index is 12.3. The molecular formula is C28H37FN6O7. The van der Waals surface area contributed by atoms with Gasteiger partial charge in [-0.25, -0.2) is 15.0 Å². The van der Waals surface area contributed by atoms with Crippen LogP contribution in [0.1, 0.15) is 65.2 Å². The molecule has 3 aliphatic carbocycles. The number of anilines is 1. The van der Waals surface area contributed by atoms with Gasteiger partial charge in [-0.05, 0) is 82.1 Å². The number of aromatic nitrogens is 3. The van der Waals surface area contributed by atoms with Gasteiger partial charge in [0, 0.05) is 30.7 Å². The monoisotopic (exact) mass is 588 g/mol. The lowest BCUT2D eigenvalue weighted by Crippen LogP contribution is -2.25. The molecule has 3 fully saturated rings. The van der Waals surface area contributed by atoms with E-state index in [0.29, 0.717) is 17.7 Å². The number of halogens is 1. The molecule has 0 atom stereocenters. The molecule has 3 aromatic heterocycles. The predicted octanol–water partition coefficient (Wildman–Crippen LogP) is 5.81. The number of ether oxygens (including phenoxy) is 2. The molecule has 0 saturated heterocycles. The minimum atomic E-state index is -1.05. The van der Waals surface area contributed by atoms with E-state index in [1.165, 1.54) is 37.2 Å². The molecule has 0 aliphatic heterocycles. The van der Waals surface area contributed by atoms with E-state index in [9.17, 15) is 24.6 Å². The van der Waals surface area contributed by atoms with Crippen LogP contribution in [0.4, 0.5) is 21.5 Å². The molecule has 0 radical (unpaired) electrons. The highest BCUT2D eigenvalue weighted by Crippen LogP contribution is 2.29.